The Morgan fingerprint density at radius 1 is 1.90 bits per heavy atom. The summed E-state index contributed by atoms with van der Waals surface area (Å²) in [5.74, 6) is -0.364. The summed E-state index contributed by atoms with van der Waals surface area (Å²) in [6.45, 7) is 0. The van der Waals surface area contributed by atoms with Crippen molar-refractivity contribution in [3.8, 4) is 0 Å². The van der Waals surface area contributed by atoms with Crippen molar-refractivity contribution < 1.29 is 9.90 Å². The fourth-order valence-electron chi connectivity index (χ4n) is 0.774. The lowest BCUT2D eigenvalue weighted by Gasteiger charge is -2.03. The van der Waals surface area contributed by atoms with E-state index in [9.17, 15) is 4.79 Å². The van der Waals surface area contributed by atoms with Gasteiger partial charge in [-0.15, -0.1) is 0 Å². The van der Waals surface area contributed by atoms with Crippen LogP contribution in [0.3, 0.4) is 0 Å². The van der Waals surface area contributed by atoms with Crippen LogP contribution in [0.2, 0.25) is 0 Å². The molecule has 1 aliphatic rings. The molecule has 0 saturated heterocycles. The van der Waals surface area contributed by atoms with Crippen molar-refractivity contribution in [2.75, 3.05) is 0 Å². The van der Waals surface area contributed by atoms with Gasteiger partial charge in [-0.1, -0.05) is 0 Å². The lowest BCUT2D eigenvalue weighted by molar-refractivity contribution is -0.137. The van der Waals surface area contributed by atoms with Crippen molar-refractivity contribution in [1.29, 1.82) is 0 Å². The van der Waals surface area contributed by atoms with Crippen LogP contribution in [0.1, 0.15) is 6.42 Å². The van der Waals surface area contributed by atoms with Crippen LogP contribution in [0.15, 0.2) is 11.9 Å². The van der Waals surface area contributed by atoms with E-state index in [-0.39, 0.29) is 12.5 Å². The molecule has 5 N–H and O–H groups in total. The Balaban J connectivity index is 2.38. The molecule has 0 amide bonds. The number of carbonyl (C=O) groups is 1. The van der Waals surface area contributed by atoms with E-state index in [1.54, 1.807) is 6.08 Å². The van der Waals surface area contributed by atoms with Crippen LogP contribution in [0.4, 0.5) is 0 Å². The summed E-state index contributed by atoms with van der Waals surface area (Å²) in [5, 5.41) is 8.32. The predicted molar refractivity (Wildman–Crippen MR) is 34.6 cm³/mol. The largest absolute Gasteiger partial charge is 0.481 e. The maximum absolute atomic E-state index is 10.1. The number of hydrogen-bond donors (Lipinski definition) is 4. The zero-order valence-electron chi connectivity index (χ0n) is 5.29. The predicted octanol–water partition coefficient (Wildman–Crippen LogP) is -1.26. The number of carboxylic acids is 1. The number of hydrogen-bond acceptors (Lipinski definition) is 4. The molecule has 5 nitrogen and oxygen atoms in total. The highest BCUT2D eigenvalue weighted by Gasteiger charge is 2.14. The van der Waals surface area contributed by atoms with E-state index in [2.05, 4.69) is 10.9 Å². The standard InChI is InChI=1S/C5H9N3O2/c6-4-1-3(7-8-4)2-5(9)10/h1,3,7-8H,2,6H2,(H,9,10). The number of nitrogens with two attached hydrogens (primary N) is 1. The molecule has 56 valence electrons. The van der Waals surface area contributed by atoms with Crippen molar-refractivity contribution in [2.45, 2.75) is 12.5 Å². The highest BCUT2D eigenvalue weighted by atomic mass is 16.4. The first-order valence-electron chi connectivity index (χ1n) is 2.89. The summed E-state index contributed by atoms with van der Waals surface area (Å²) < 4.78 is 0. The molecule has 1 atom stereocenters. The third kappa shape index (κ3) is 1.63. The molecule has 1 aliphatic heterocycles. The minimum atomic E-state index is -0.842. The molecule has 0 fully saturated rings. The Hall–Kier alpha value is -1.23. The van der Waals surface area contributed by atoms with Gasteiger partial charge < -0.3 is 16.3 Å². The van der Waals surface area contributed by atoms with E-state index in [0.29, 0.717) is 5.82 Å². The smallest absolute Gasteiger partial charge is 0.305 e. The number of carboxylic acid groups (broad SMARTS) is 1. The van der Waals surface area contributed by atoms with Crippen LogP contribution in [0, 0.1) is 0 Å². The van der Waals surface area contributed by atoms with Crippen LogP contribution < -0.4 is 16.6 Å². The molecular formula is C5H9N3O2. The van der Waals surface area contributed by atoms with Gasteiger partial charge in [0, 0.05) is 0 Å². The Morgan fingerprint density at radius 3 is 3.00 bits per heavy atom. The molecule has 0 saturated carbocycles. The van der Waals surface area contributed by atoms with E-state index in [1.807, 2.05) is 0 Å². The lowest BCUT2D eigenvalue weighted by Crippen LogP contribution is -2.34. The average molecular weight is 143 g/mol. The van der Waals surface area contributed by atoms with Crippen molar-refractivity contribution in [3.05, 3.63) is 11.9 Å². The van der Waals surface area contributed by atoms with Crippen LogP contribution in [0.5, 0.6) is 0 Å². The van der Waals surface area contributed by atoms with Gasteiger partial charge in [-0.3, -0.25) is 4.79 Å². The van der Waals surface area contributed by atoms with Gasteiger partial charge in [-0.25, -0.2) is 5.43 Å². The van der Waals surface area contributed by atoms with Crippen LogP contribution in [0.25, 0.3) is 0 Å². The number of rotatable bonds is 2. The third-order valence-corrected chi connectivity index (χ3v) is 1.18. The molecule has 5 heteroatoms. The van der Waals surface area contributed by atoms with Gasteiger partial charge in [0.1, 0.15) is 5.82 Å². The molecular weight excluding hydrogens is 134 g/mol. The number of hydrazine groups is 1. The van der Waals surface area contributed by atoms with E-state index < -0.39 is 5.97 Å². The first-order valence-corrected chi connectivity index (χ1v) is 2.89. The molecule has 0 aliphatic carbocycles. The van der Waals surface area contributed by atoms with E-state index in [0.717, 1.165) is 0 Å². The molecule has 0 aromatic rings. The highest BCUT2D eigenvalue weighted by Crippen LogP contribution is 1.99. The SMILES string of the molecule is NC1=CC(CC(=O)O)NN1. The van der Waals surface area contributed by atoms with Gasteiger partial charge >= 0.3 is 5.97 Å². The minimum Gasteiger partial charge on any atom is -0.481 e. The van der Waals surface area contributed by atoms with Crippen molar-refractivity contribution in [3.63, 3.8) is 0 Å². The van der Waals surface area contributed by atoms with Gasteiger partial charge in [0.2, 0.25) is 0 Å². The molecule has 0 bridgehead atoms. The molecule has 0 radical (unpaired) electrons. The highest BCUT2D eigenvalue weighted by molar-refractivity contribution is 5.68. The fraction of sp³-hybridized carbons (Fsp3) is 0.400. The van der Waals surface area contributed by atoms with Crippen LogP contribution in [-0.2, 0) is 4.79 Å². The number of nitrogens with one attached hydrogen (secondary N) is 2. The molecule has 0 spiro atoms. The Morgan fingerprint density at radius 2 is 2.60 bits per heavy atom. The van der Waals surface area contributed by atoms with Crippen molar-refractivity contribution >= 4 is 5.97 Å². The monoisotopic (exact) mass is 143 g/mol. The Labute approximate surface area is 57.9 Å². The summed E-state index contributed by atoms with van der Waals surface area (Å²) in [7, 11) is 0. The summed E-state index contributed by atoms with van der Waals surface area (Å²) >= 11 is 0. The molecule has 1 rings (SSSR count). The summed E-state index contributed by atoms with van der Waals surface area (Å²) in [5.41, 5.74) is 10.6. The molecule has 1 unspecified atom stereocenters. The first-order chi connectivity index (χ1) is 4.68. The van der Waals surface area contributed by atoms with Crippen LogP contribution in [-0.4, -0.2) is 17.1 Å². The second-order valence-corrected chi connectivity index (χ2v) is 2.10. The molecule has 10 heavy (non-hydrogen) atoms. The van der Waals surface area contributed by atoms with E-state index in [1.165, 1.54) is 0 Å². The first kappa shape index (κ1) is 6.88. The molecule has 0 aromatic heterocycles. The van der Waals surface area contributed by atoms with Gasteiger partial charge in [0.25, 0.3) is 0 Å². The van der Waals surface area contributed by atoms with E-state index >= 15 is 0 Å². The lowest BCUT2D eigenvalue weighted by atomic mass is 10.2. The maximum Gasteiger partial charge on any atom is 0.305 e. The summed E-state index contributed by atoms with van der Waals surface area (Å²) in [4.78, 5) is 10.1. The molecule has 1 heterocycles. The summed E-state index contributed by atoms with van der Waals surface area (Å²) in [6, 6.07) is -0.183. The second kappa shape index (κ2) is 2.57. The van der Waals surface area contributed by atoms with Crippen LogP contribution >= 0.6 is 0 Å². The normalized spacial score (nSPS) is 23.6. The zero-order chi connectivity index (χ0) is 7.56. The van der Waals surface area contributed by atoms with Gasteiger partial charge in [0.05, 0.1) is 12.5 Å². The van der Waals surface area contributed by atoms with Gasteiger partial charge in [-0.05, 0) is 6.08 Å². The van der Waals surface area contributed by atoms with E-state index in [4.69, 9.17) is 10.8 Å². The third-order valence-electron chi connectivity index (χ3n) is 1.18. The Kier molecular flexibility index (Phi) is 1.77. The van der Waals surface area contributed by atoms with Gasteiger partial charge in [-0.2, -0.15) is 0 Å². The van der Waals surface area contributed by atoms with Gasteiger partial charge in [0.15, 0.2) is 0 Å². The number of aliphatic carboxylic acids is 1. The summed E-state index contributed by atoms with van der Waals surface area (Å²) in [6.07, 6.45) is 1.68. The topological polar surface area (TPSA) is 87.4 Å². The fourth-order valence-corrected chi connectivity index (χ4v) is 0.774. The quantitative estimate of drug-likeness (QED) is 0.387. The minimum absolute atomic E-state index is 0.0493. The average Bonchev–Trinajstić information content (AvgIpc) is 2.13. The maximum atomic E-state index is 10.1. The van der Waals surface area contributed by atoms with Crippen molar-refractivity contribution in [2.24, 2.45) is 5.73 Å². The molecule has 0 aromatic carbocycles. The Bertz CT molecular complexity index is 178. The van der Waals surface area contributed by atoms with Crippen molar-refractivity contribution in [1.82, 2.24) is 10.9 Å². The zero-order valence-corrected chi connectivity index (χ0v) is 5.29. The second-order valence-electron chi connectivity index (χ2n) is 2.10.